The molecule has 1 aromatic heterocycles. The minimum atomic E-state index is 0.217. The minimum Gasteiger partial charge on any atom is -0.383 e. The van der Waals surface area contributed by atoms with Gasteiger partial charge in [0.05, 0.1) is 23.2 Å². The summed E-state index contributed by atoms with van der Waals surface area (Å²) in [5.41, 5.74) is 1.73. The highest BCUT2D eigenvalue weighted by molar-refractivity contribution is 7.17. The SMILES string of the molecule is CCN(c1nc(-c2ccccc2)c(C=O)s1)C(C)COC. The normalized spacial score (nSPS) is 12.1. The monoisotopic (exact) mass is 304 g/mol. The van der Waals surface area contributed by atoms with Gasteiger partial charge in [0.1, 0.15) is 0 Å². The van der Waals surface area contributed by atoms with Gasteiger partial charge in [-0.2, -0.15) is 0 Å². The molecule has 0 radical (unpaired) electrons. The highest BCUT2D eigenvalue weighted by Crippen LogP contribution is 2.32. The van der Waals surface area contributed by atoms with Crippen molar-refractivity contribution in [3.05, 3.63) is 35.2 Å². The number of aromatic nitrogens is 1. The van der Waals surface area contributed by atoms with Crippen LogP contribution in [0.1, 0.15) is 23.5 Å². The third-order valence-corrected chi connectivity index (χ3v) is 4.34. The van der Waals surface area contributed by atoms with Crippen molar-refractivity contribution in [3.8, 4) is 11.3 Å². The Morgan fingerprint density at radius 1 is 1.38 bits per heavy atom. The Morgan fingerprint density at radius 2 is 2.10 bits per heavy atom. The van der Waals surface area contributed by atoms with Gasteiger partial charge in [0, 0.05) is 19.2 Å². The fraction of sp³-hybridized carbons (Fsp3) is 0.375. The van der Waals surface area contributed by atoms with Crippen LogP contribution >= 0.6 is 11.3 Å². The molecule has 2 aromatic rings. The van der Waals surface area contributed by atoms with Crippen molar-refractivity contribution in [1.29, 1.82) is 0 Å². The Balaban J connectivity index is 2.38. The van der Waals surface area contributed by atoms with Crippen LogP contribution in [-0.2, 0) is 4.74 Å². The van der Waals surface area contributed by atoms with Crippen LogP contribution in [-0.4, -0.2) is 37.6 Å². The molecule has 0 saturated heterocycles. The van der Waals surface area contributed by atoms with Gasteiger partial charge in [-0.1, -0.05) is 41.7 Å². The maximum Gasteiger partial charge on any atom is 0.186 e. The summed E-state index contributed by atoms with van der Waals surface area (Å²) >= 11 is 1.43. The molecule has 0 aliphatic rings. The van der Waals surface area contributed by atoms with Crippen molar-refractivity contribution in [2.75, 3.05) is 25.2 Å². The van der Waals surface area contributed by atoms with Crippen molar-refractivity contribution in [1.82, 2.24) is 4.98 Å². The number of nitrogens with zero attached hydrogens (tertiary/aromatic N) is 2. The minimum absolute atomic E-state index is 0.217. The van der Waals surface area contributed by atoms with Gasteiger partial charge < -0.3 is 9.64 Å². The van der Waals surface area contributed by atoms with Crippen LogP contribution in [0.25, 0.3) is 11.3 Å². The van der Waals surface area contributed by atoms with E-state index in [0.29, 0.717) is 11.5 Å². The Labute approximate surface area is 129 Å². The molecule has 4 nitrogen and oxygen atoms in total. The molecule has 0 amide bonds. The Hall–Kier alpha value is -1.72. The first-order chi connectivity index (χ1) is 10.2. The molecule has 1 aromatic carbocycles. The van der Waals surface area contributed by atoms with Gasteiger partial charge in [-0.05, 0) is 13.8 Å². The lowest BCUT2D eigenvalue weighted by Crippen LogP contribution is -2.36. The maximum absolute atomic E-state index is 11.3. The zero-order valence-electron chi connectivity index (χ0n) is 12.6. The molecular formula is C16H20N2O2S. The molecule has 0 bridgehead atoms. The van der Waals surface area contributed by atoms with Gasteiger partial charge in [0.25, 0.3) is 0 Å². The first-order valence-corrected chi connectivity index (χ1v) is 7.79. The summed E-state index contributed by atoms with van der Waals surface area (Å²) in [4.78, 5) is 18.9. The Kier molecular flexibility index (Phi) is 5.47. The number of anilines is 1. The topological polar surface area (TPSA) is 42.4 Å². The van der Waals surface area contributed by atoms with Crippen LogP contribution in [0.3, 0.4) is 0 Å². The standard InChI is InChI=1S/C16H20N2O2S/c1-4-18(12(2)11-20-3)16-17-15(14(10-19)21-16)13-8-6-5-7-9-13/h5-10,12H,4,11H2,1-3H3. The van der Waals surface area contributed by atoms with Crippen molar-refractivity contribution in [3.63, 3.8) is 0 Å². The third-order valence-electron chi connectivity index (χ3n) is 3.32. The molecule has 0 aliphatic heterocycles. The summed E-state index contributed by atoms with van der Waals surface area (Å²) in [6.07, 6.45) is 0.887. The number of carbonyl (C=O) groups is 1. The molecule has 1 heterocycles. The number of thiazole rings is 1. The third kappa shape index (κ3) is 3.49. The van der Waals surface area contributed by atoms with Crippen LogP contribution in [0.2, 0.25) is 0 Å². The molecule has 0 aliphatic carbocycles. The highest BCUT2D eigenvalue weighted by atomic mass is 32.1. The lowest BCUT2D eigenvalue weighted by molar-refractivity contribution is 0.112. The van der Waals surface area contributed by atoms with Gasteiger partial charge >= 0.3 is 0 Å². The molecule has 5 heteroatoms. The molecule has 1 atom stereocenters. The second kappa shape index (κ2) is 7.33. The second-order valence-electron chi connectivity index (χ2n) is 4.78. The summed E-state index contributed by atoms with van der Waals surface area (Å²) in [6, 6.07) is 10.0. The summed E-state index contributed by atoms with van der Waals surface area (Å²) in [5, 5.41) is 0.864. The first kappa shape index (κ1) is 15.7. The van der Waals surface area contributed by atoms with E-state index in [1.165, 1.54) is 11.3 Å². The van der Waals surface area contributed by atoms with E-state index in [1.54, 1.807) is 7.11 Å². The lowest BCUT2D eigenvalue weighted by Gasteiger charge is -2.26. The van der Waals surface area contributed by atoms with Gasteiger partial charge in [-0.25, -0.2) is 4.98 Å². The smallest absolute Gasteiger partial charge is 0.186 e. The van der Waals surface area contributed by atoms with Gasteiger partial charge in [-0.3, -0.25) is 4.79 Å². The number of ether oxygens (including phenoxy) is 1. The average Bonchev–Trinajstić information content (AvgIpc) is 2.93. The van der Waals surface area contributed by atoms with Crippen molar-refractivity contribution in [2.45, 2.75) is 19.9 Å². The molecule has 2 rings (SSSR count). The number of hydrogen-bond donors (Lipinski definition) is 0. The molecule has 112 valence electrons. The van der Waals surface area contributed by atoms with E-state index >= 15 is 0 Å². The zero-order valence-corrected chi connectivity index (χ0v) is 13.4. The maximum atomic E-state index is 11.3. The molecule has 0 spiro atoms. The average molecular weight is 304 g/mol. The predicted octanol–water partition coefficient (Wildman–Crippen LogP) is 3.48. The fourth-order valence-electron chi connectivity index (χ4n) is 2.29. The zero-order chi connectivity index (χ0) is 15.2. The van der Waals surface area contributed by atoms with E-state index in [4.69, 9.17) is 4.74 Å². The largest absolute Gasteiger partial charge is 0.383 e. The lowest BCUT2D eigenvalue weighted by atomic mass is 10.1. The summed E-state index contributed by atoms with van der Waals surface area (Å²) in [7, 11) is 1.69. The number of likely N-dealkylation sites (N-methyl/N-ethyl adjacent to an activating group) is 1. The first-order valence-electron chi connectivity index (χ1n) is 6.98. The quantitative estimate of drug-likeness (QED) is 0.734. The number of rotatable bonds is 7. The van der Waals surface area contributed by atoms with E-state index < -0.39 is 0 Å². The molecule has 0 N–H and O–H groups in total. The van der Waals surface area contributed by atoms with Crippen LogP contribution in [0.15, 0.2) is 30.3 Å². The number of benzene rings is 1. The van der Waals surface area contributed by atoms with E-state index in [2.05, 4.69) is 23.7 Å². The Bertz CT molecular complexity index is 583. The second-order valence-corrected chi connectivity index (χ2v) is 5.79. The number of aldehydes is 1. The van der Waals surface area contributed by atoms with Crippen molar-refractivity contribution < 1.29 is 9.53 Å². The van der Waals surface area contributed by atoms with Crippen molar-refractivity contribution >= 4 is 22.8 Å². The van der Waals surface area contributed by atoms with Gasteiger partial charge in [0.15, 0.2) is 11.4 Å². The van der Waals surface area contributed by atoms with E-state index in [0.717, 1.165) is 29.2 Å². The van der Waals surface area contributed by atoms with Crippen LogP contribution in [0.5, 0.6) is 0 Å². The summed E-state index contributed by atoms with van der Waals surface area (Å²) < 4.78 is 5.22. The molecule has 0 fully saturated rings. The fourth-order valence-corrected chi connectivity index (χ4v) is 3.36. The Morgan fingerprint density at radius 3 is 2.67 bits per heavy atom. The molecular weight excluding hydrogens is 284 g/mol. The van der Waals surface area contributed by atoms with Crippen LogP contribution in [0.4, 0.5) is 5.13 Å². The molecule has 21 heavy (non-hydrogen) atoms. The number of carbonyl (C=O) groups excluding carboxylic acids is 1. The highest BCUT2D eigenvalue weighted by Gasteiger charge is 2.20. The van der Waals surface area contributed by atoms with Crippen molar-refractivity contribution in [2.24, 2.45) is 0 Å². The van der Waals surface area contributed by atoms with Gasteiger partial charge in [0.2, 0.25) is 0 Å². The molecule has 1 unspecified atom stereocenters. The van der Waals surface area contributed by atoms with Crippen LogP contribution < -0.4 is 4.90 Å². The molecule has 0 saturated carbocycles. The summed E-state index contributed by atoms with van der Waals surface area (Å²) in [6.45, 7) is 5.63. The number of hydrogen-bond acceptors (Lipinski definition) is 5. The number of methoxy groups -OCH3 is 1. The van der Waals surface area contributed by atoms with E-state index in [9.17, 15) is 4.79 Å². The van der Waals surface area contributed by atoms with Crippen LogP contribution in [0, 0.1) is 0 Å². The van der Waals surface area contributed by atoms with E-state index in [1.807, 2.05) is 30.3 Å². The van der Waals surface area contributed by atoms with Gasteiger partial charge in [-0.15, -0.1) is 0 Å². The summed E-state index contributed by atoms with van der Waals surface area (Å²) in [5.74, 6) is 0. The predicted molar refractivity (Wildman–Crippen MR) is 87.3 cm³/mol. The van der Waals surface area contributed by atoms with E-state index in [-0.39, 0.29) is 6.04 Å².